The number of carboxylic acids is 1. The Bertz CT molecular complexity index is 512. The van der Waals surface area contributed by atoms with Gasteiger partial charge in [0.25, 0.3) is 0 Å². The minimum atomic E-state index is -1.01. The third-order valence-corrected chi connectivity index (χ3v) is 2.95. The van der Waals surface area contributed by atoms with E-state index in [9.17, 15) is 9.59 Å². The zero-order valence-corrected chi connectivity index (χ0v) is 12.1. The summed E-state index contributed by atoms with van der Waals surface area (Å²) in [6.45, 7) is 4.99. The third kappa shape index (κ3) is 4.15. The Morgan fingerprint density at radius 2 is 2.00 bits per heavy atom. The molecule has 0 saturated carbocycles. The number of carbonyl (C=O) groups excluding carboxylic acids is 1. The number of ether oxygens (including phenoxy) is 1. The van der Waals surface area contributed by atoms with Crippen molar-refractivity contribution in [1.29, 1.82) is 0 Å². The van der Waals surface area contributed by atoms with Gasteiger partial charge in [0, 0.05) is 12.2 Å². The van der Waals surface area contributed by atoms with Gasteiger partial charge in [-0.3, -0.25) is 4.79 Å². The predicted octanol–water partition coefficient (Wildman–Crippen LogP) is 2.24. The van der Waals surface area contributed by atoms with Crippen LogP contribution >= 0.6 is 0 Å². The monoisotopic (exact) mass is 280 g/mol. The summed E-state index contributed by atoms with van der Waals surface area (Å²) in [4.78, 5) is 22.7. The topological polar surface area (TPSA) is 87.7 Å². The molecule has 1 aromatic rings. The number of benzene rings is 1. The number of aliphatic carboxylic acids is 1. The van der Waals surface area contributed by atoms with E-state index < -0.39 is 17.4 Å². The van der Waals surface area contributed by atoms with Crippen molar-refractivity contribution in [3.63, 3.8) is 0 Å². The Kier molecular flexibility index (Phi) is 4.96. The zero-order valence-electron chi connectivity index (χ0n) is 12.1. The summed E-state index contributed by atoms with van der Waals surface area (Å²) in [6.07, 6.45) is 0. The molecule has 20 heavy (non-hydrogen) atoms. The van der Waals surface area contributed by atoms with E-state index in [1.807, 2.05) is 6.92 Å². The highest BCUT2D eigenvalue weighted by Crippen LogP contribution is 2.21. The van der Waals surface area contributed by atoms with E-state index in [0.717, 1.165) is 5.56 Å². The van der Waals surface area contributed by atoms with Gasteiger partial charge in [0.15, 0.2) is 0 Å². The Hall–Kier alpha value is -2.24. The maximum Gasteiger partial charge on any atom is 0.319 e. The molecule has 0 aromatic heterocycles. The van der Waals surface area contributed by atoms with Crippen LogP contribution in [0.15, 0.2) is 18.2 Å². The summed E-state index contributed by atoms with van der Waals surface area (Å²) in [6, 6.07) is 4.84. The number of nitrogens with one attached hydrogen (secondary N) is 2. The fraction of sp³-hybridized carbons (Fsp3) is 0.429. The van der Waals surface area contributed by atoms with Crippen molar-refractivity contribution in [3.05, 3.63) is 23.8 Å². The first kappa shape index (κ1) is 15.8. The number of rotatable bonds is 5. The number of carbonyl (C=O) groups is 2. The molecule has 0 spiro atoms. The standard InChI is InChI=1S/C14H20N2O4/c1-9-7-10(20-4)5-6-11(9)16-13(19)15-8-14(2,3)12(17)18/h5-7H,8H2,1-4H3,(H,17,18)(H2,15,16,19). The van der Waals surface area contributed by atoms with Crippen molar-refractivity contribution in [2.75, 3.05) is 19.0 Å². The van der Waals surface area contributed by atoms with Crippen molar-refractivity contribution in [2.45, 2.75) is 20.8 Å². The number of amides is 2. The molecule has 110 valence electrons. The number of anilines is 1. The van der Waals surface area contributed by atoms with Gasteiger partial charge in [-0.2, -0.15) is 0 Å². The van der Waals surface area contributed by atoms with Crippen molar-refractivity contribution in [2.24, 2.45) is 5.41 Å². The fourth-order valence-electron chi connectivity index (χ4n) is 1.45. The van der Waals surface area contributed by atoms with E-state index in [-0.39, 0.29) is 6.54 Å². The molecule has 0 unspecified atom stereocenters. The molecule has 0 bridgehead atoms. The lowest BCUT2D eigenvalue weighted by Crippen LogP contribution is -2.40. The van der Waals surface area contributed by atoms with E-state index in [1.165, 1.54) is 0 Å². The van der Waals surface area contributed by atoms with Gasteiger partial charge in [-0.25, -0.2) is 4.79 Å². The first-order valence-corrected chi connectivity index (χ1v) is 6.19. The molecule has 2 amide bonds. The molecule has 1 aromatic carbocycles. The van der Waals surface area contributed by atoms with Crippen LogP contribution in [-0.4, -0.2) is 30.8 Å². The van der Waals surface area contributed by atoms with E-state index in [0.29, 0.717) is 11.4 Å². The fourth-order valence-corrected chi connectivity index (χ4v) is 1.45. The van der Waals surface area contributed by atoms with Crippen molar-refractivity contribution in [1.82, 2.24) is 5.32 Å². The molecule has 0 saturated heterocycles. The van der Waals surface area contributed by atoms with Crippen molar-refractivity contribution < 1.29 is 19.4 Å². The van der Waals surface area contributed by atoms with Crippen LogP contribution in [0.4, 0.5) is 10.5 Å². The maximum absolute atomic E-state index is 11.7. The lowest BCUT2D eigenvalue weighted by atomic mass is 9.94. The predicted molar refractivity (Wildman–Crippen MR) is 76.2 cm³/mol. The van der Waals surface area contributed by atoms with Gasteiger partial charge < -0.3 is 20.5 Å². The van der Waals surface area contributed by atoms with Gasteiger partial charge >= 0.3 is 12.0 Å². The molecule has 0 aliphatic rings. The van der Waals surface area contributed by atoms with E-state index in [2.05, 4.69) is 10.6 Å². The largest absolute Gasteiger partial charge is 0.497 e. The first-order chi connectivity index (χ1) is 9.26. The third-order valence-electron chi connectivity index (χ3n) is 2.95. The second kappa shape index (κ2) is 6.27. The zero-order chi connectivity index (χ0) is 15.3. The second-order valence-corrected chi connectivity index (χ2v) is 5.18. The Labute approximate surface area is 118 Å². The highest BCUT2D eigenvalue weighted by Gasteiger charge is 2.27. The molecule has 6 heteroatoms. The summed E-state index contributed by atoms with van der Waals surface area (Å²) in [7, 11) is 1.57. The molecule has 0 aliphatic carbocycles. The SMILES string of the molecule is COc1ccc(NC(=O)NCC(C)(C)C(=O)O)c(C)c1. The maximum atomic E-state index is 11.7. The van der Waals surface area contributed by atoms with Crippen LogP contribution < -0.4 is 15.4 Å². The molecule has 0 radical (unpaired) electrons. The van der Waals surface area contributed by atoms with Crippen LogP contribution in [0.5, 0.6) is 5.75 Å². The van der Waals surface area contributed by atoms with Crippen molar-refractivity contribution in [3.8, 4) is 5.75 Å². The summed E-state index contributed by atoms with van der Waals surface area (Å²) in [5, 5.41) is 14.2. The van der Waals surface area contributed by atoms with Crippen LogP contribution in [0, 0.1) is 12.3 Å². The van der Waals surface area contributed by atoms with Crippen LogP contribution in [0.25, 0.3) is 0 Å². The van der Waals surface area contributed by atoms with Gasteiger partial charge in [0.05, 0.1) is 12.5 Å². The van der Waals surface area contributed by atoms with Crippen LogP contribution in [0.2, 0.25) is 0 Å². The first-order valence-electron chi connectivity index (χ1n) is 6.19. The molecule has 3 N–H and O–H groups in total. The average molecular weight is 280 g/mol. The molecule has 0 atom stereocenters. The smallest absolute Gasteiger partial charge is 0.319 e. The van der Waals surface area contributed by atoms with E-state index in [1.54, 1.807) is 39.2 Å². The number of hydrogen-bond acceptors (Lipinski definition) is 3. The van der Waals surface area contributed by atoms with Crippen LogP contribution in [0.1, 0.15) is 19.4 Å². The minimum Gasteiger partial charge on any atom is -0.497 e. The molecular formula is C14H20N2O4. The van der Waals surface area contributed by atoms with Gasteiger partial charge in [-0.1, -0.05) is 0 Å². The quantitative estimate of drug-likeness (QED) is 0.771. The molecule has 0 heterocycles. The van der Waals surface area contributed by atoms with Crippen LogP contribution in [-0.2, 0) is 4.79 Å². The Morgan fingerprint density at radius 3 is 2.50 bits per heavy atom. The number of hydrogen-bond donors (Lipinski definition) is 3. The van der Waals surface area contributed by atoms with E-state index >= 15 is 0 Å². The molecule has 1 rings (SSSR count). The summed E-state index contributed by atoms with van der Waals surface area (Å²) < 4.78 is 5.08. The number of carboxylic acid groups (broad SMARTS) is 1. The van der Waals surface area contributed by atoms with E-state index in [4.69, 9.17) is 9.84 Å². The van der Waals surface area contributed by atoms with Crippen LogP contribution in [0.3, 0.4) is 0 Å². The number of aryl methyl sites for hydroxylation is 1. The van der Waals surface area contributed by atoms with Gasteiger partial charge in [0.1, 0.15) is 5.75 Å². The molecular weight excluding hydrogens is 260 g/mol. The number of methoxy groups -OCH3 is 1. The normalized spacial score (nSPS) is 10.8. The lowest BCUT2D eigenvalue weighted by molar-refractivity contribution is -0.146. The molecule has 0 fully saturated rings. The molecule has 0 aliphatic heterocycles. The summed E-state index contributed by atoms with van der Waals surface area (Å²) in [5.74, 6) is -0.251. The van der Waals surface area contributed by atoms with Crippen molar-refractivity contribution >= 4 is 17.7 Å². The number of urea groups is 1. The lowest BCUT2D eigenvalue weighted by Gasteiger charge is -2.20. The van der Waals surface area contributed by atoms with Gasteiger partial charge in [-0.15, -0.1) is 0 Å². The Balaban J connectivity index is 2.61. The minimum absolute atomic E-state index is 0.0450. The summed E-state index contributed by atoms with van der Waals surface area (Å²) >= 11 is 0. The average Bonchev–Trinajstić information content (AvgIpc) is 2.38. The second-order valence-electron chi connectivity index (χ2n) is 5.18. The highest BCUT2D eigenvalue weighted by atomic mass is 16.5. The Morgan fingerprint density at radius 1 is 1.35 bits per heavy atom. The molecule has 6 nitrogen and oxygen atoms in total. The highest BCUT2D eigenvalue weighted by molar-refractivity contribution is 5.90. The van der Waals surface area contributed by atoms with Gasteiger partial charge in [-0.05, 0) is 44.5 Å². The van der Waals surface area contributed by atoms with Gasteiger partial charge in [0.2, 0.25) is 0 Å². The summed E-state index contributed by atoms with van der Waals surface area (Å²) in [5.41, 5.74) is 0.500.